The van der Waals surface area contributed by atoms with Gasteiger partial charge in [0.2, 0.25) is 0 Å². The topological polar surface area (TPSA) is 50.8 Å². The van der Waals surface area contributed by atoms with Crippen LogP contribution in [0.25, 0.3) is 0 Å². The number of hydrogen-bond acceptors (Lipinski definition) is 4. The molecule has 6 heteroatoms. The van der Waals surface area contributed by atoms with Crippen molar-refractivity contribution in [3.8, 4) is 5.75 Å². The van der Waals surface area contributed by atoms with Crippen LogP contribution in [0.4, 0.5) is 0 Å². The molecule has 5 nitrogen and oxygen atoms in total. The lowest BCUT2D eigenvalue weighted by Gasteiger charge is -2.29. The second-order valence-electron chi connectivity index (χ2n) is 5.13. The zero-order valence-corrected chi connectivity index (χ0v) is 13.1. The third-order valence-electron chi connectivity index (χ3n) is 3.31. The van der Waals surface area contributed by atoms with Crippen molar-refractivity contribution in [2.45, 2.75) is 19.1 Å². The number of halogens is 1. The normalized spacial score (nSPS) is 19.9. The molecule has 0 radical (unpaired) electrons. The van der Waals surface area contributed by atoms with Crippen molar-refractivity contribution < 1.29 is 14.3 Å². The Morgan fingerprint density at radius 1 is 1.62 bits per heavy atom. The number of morpholine rings is 1. The maximum Gasteiger partial charge on any atom is 0.263 e. The van der Waals surface area contributed by atoms with Gasteiger partial charge >= 0.3 is 0 Å². The molecule has 1 aliphatic heterocycles. The van der Waals surface area contributed by atoms with Gasteiger partial charge in [0.05, 0.1) is 12.7 Å². The molecule has 2 unspecified atom stereocenters. The number of carbonyl (C=O) groups is 1. The molecule has 0 spiro atoms. The fourth-order valence-corrected chi connectivity index (χ4v) is 2.42. The van der Waals surface area contributed by atoms with E-state index in [-0.39, 0.29) is 12.0 Å². The molecule has 1 heterocycles. The fourth-order valence-electron chi connectivity index (χ4n) is 2.24. The van der Waals surface area contributed by atoms with Crippen LogP contribution in [0.2, 0.25) is 5.02 Å². The van der Waals surface area contributed by atoms with Crippen molar-refractivity contribution >= 4 is 17.5 Å². The molecule has 1 aromatic carbocycles. The number of benzene rings is 1. The number of nitrogens with zero attached hydrogens (tertiary/aromatic N) is 1. The summed E-state index contributed by atoms with van der Waals surface area (Å²) in [6.07, 6.45) is -0.531. The van der Waals surface area contributed by atoms with E-state index in [1.807, 2.05) is 0 Å². The van der Waals surface area contributed by atoms with E-state index in [9.17, 15) is 4.79 Å². The smallest absolute Gasteiger partial charge is 0.263 e. The summed E-state index contributed by atoms with van der Waals surface area (Å²) < 4.78 is 11.2. The van der Waals surface area contributed by atoms with Crippen LogP contribution in [0.1, 0.15) is 6.92 Å². The Kier molecular flexibility index (Phi) is 5.85. The van der Waals surface area contributed by atoms with Gasteiger partial charge in [-0.25, -0.2) is 0 Å². The first-order valence-corrected chi connectivity index (χ1v) is 7.43. The van der Waals surface area contributed by atoms with Crippen LogP contribution in [-0.2, 0) is 9.53 Å². The van der Waals surface area contributed by atoms with Crippen LogP contribution >= 0.6 is 11.6 Å². The summed E-state index contributed by atoms with van der Waals surface area (Å²) in [6.45, 7) is 4.60. The molecule has 2 atom stereocenters. The van der Waals surface area contributed by atoms with Gasteiger partial charge in [0, 0.05) is 31.7 Å². The Hall–Kier alpha value is -1.30. The van der Waals surface area contributed by atoms with Crippen molar-refractivity contribution in [1.29, 1.82) is 0 Å². The zero-order valence-electron chi connectivity index (χ0n) is 12.3. The lowest BCUT2D eigenvalue weighted by molar-refractivity contribution is -0.138. The van der Waals surface area contributed by atoms with Crippen molar-refractivity contribution in [2.24, 2.45) is 0 Å². The number of rotatable bonds is 5. The largest absolute Gasteiger partial charge is 0.481 e. The van der Waals surface area contributed by atoms with Crippen molar-refractivity contribution in [1.82, 2.24) is 10.2 Å². The van der Waals surface area contributed by atoms with E-state index in [0.717, 1.165) is 13.1 Å². The summed E-state index contributed by atoms with van der Waals surface area (Å²) in [7, 11) is 1.76. The molecule has 0 saturated carbocycles. The Balaban J connectivity index is 1.85. The van der Waals surface area contributed by atoms with Crippen molar-refractivity contribution in [3.63, 3.8) is 0 Å². The molecule has 1 fully saturated rings. The summed E-state index contributed by atoms with van der Waals surface area (Å²) in [6, 6.07) is 7.03. The van der Waals surface area contributed by atoms with Crippen LogP contribution in [0.15, 0.2) is 24.3 Å². The molecule has 0 aromatic heterocycles. The second kappa shape index (κ2) is 7.64. The van der Waals surface area contributed by atoms with Gasteiger partial charge in [-0.3, -0.25) is 4.79 Å². The van der Waals surface area contributed by atoms with Crippen LogP contribution < -0.4 is 10.1 Å². The van der Waals surface area contributed by atoms with Gasteiger partial charge in [-0.15, -0.1) is 0 Å². The first-order valence-electron chi connectivity index (χ1n) is 7.06. The minimum Gasteiger partial charge on any atom is -0.481 e. The van der Waals surface area contributed by atoms with Gasteiger partial charge in [0.15, 0.2) is 6.10 Å². The average molecular weight is 313 g/mol. The van der Waals surface area contributed by atoms with Gasteiger partial charge in [-0.2, -0.15) is 0 Å². The molecular weight excluding hydrogens is 292 g/mol. The van der Waals surface area contributed by atoms with E-state index >= 15 is 0 Å². The molecular formula is C15H21ClN2O3. The van der Waals surface area contributed by atoms with Gasteiger partial charge in [-0.1, -0.05) is 17.7 Å². The minimum absolute atomic E-state index is 0.0334. The maximum absolute atomic E-state index is 12.3. The van der Waals surface area contributed by atoms with Crippen LogP contribution in [0.5, 0.6) is 5.75 Å². The highest BCUT2D eigenvalue weighted by Gasteiger charge is 2.23. The fraction of sp³-hybridized carbons (Fsp3) is 0.533. The van der Waals surface area contributed by atoms with E-state index < -0.39 is 6.10 Å². The predicted octanol–water partition coefficient (Wildman–Crippen LogP) is 1.55. The van der Waals surface area contributed by atoms with Gasteiger partial charge in [-0.05, 0) is 25.1 Å². The summed E-state index contributed by atoms with van der Waals surface area (Å²) in [4.78, 5) is 13.9. The zero-order chi connectivity index (χ0) is 15.2. The van der Waals surface area contributed by atoms with Crippen LogP contribution in [0.3, 0.4) is 0 Å². The van der Waals surface area contributed by atoms with Gasteiger partial charge < -0.3 is 19.7 Å². The standard InChI is InChI=1S/C15H21ClN2O3/c1-11(21-13-5-3-4-12(16)8-13)15(19)18(2)10-14-9-17-6-7-20-14/h3-5,8,11,14,17H,6-7,9-10H2,1-2H3. The number of nitrogens with one attached hydrogen (secondary N) is 1. The number of carbonyl (C=O) groups excluding carboxylic acids is 1. The molecule has 116 valence electrons. The van der Waals surface area contributed by atoms with Crippen LogP contribution in [-0.4, -0.2) is 56.3 Å². The molecule has 1 N–H and O–H groups in total. The quantitative estimate of drug-likeness (QED) is 0.896. The average Bonchev–Trinajstić information content (AvgIpc) is 2.47. The molecule has 1 saturated heterocycles. The predicted molar refractivity (Wildman–Crippen MR) is 81.8 cm³/mol. The Labute approximate surface area is 130 Å². The van der Waals surface area contributed by atoms with E-state index in [1.54, 1.807) is 43.1 Å². The molecule has 0 aliphatic carbocycles. The first kappa shape index (κ1) is 16.1. The summed E-state index contributed by atoms with van der Waals surface area (Å²) in [5.41, 5.74) is 0. The maximum atomic E-state index is 12.3. The number of ether oxygens (including phenoxy) is 2. The van der Waals surface area contributed by atoms with Crippen molar-refractivity contribution in [3.05, 3.63) is 29.3 Å². The summed E-state index contributed by atoms with van der Waals surface area (Å²) in [5, 5.41) is 3.83. The number of amides is 1. The molecule has 0 bridgehead atoms. The molecule has 1 aromatic rings. The molecule has 2 rings (SSSR count). The Bertz CT molecular complexity index is 478. The van der Waals surface area contributed by atoms with E-state index in [1.165, 1.54) is 0 Å². The first-order chi connectivity index (χ1) is 10.1. The highest BCUT2D eigenvalue weighted by Crippen LogP contribution is 2.18. The van der Waals surface area contributed by atoms with Crippen molar-refractivity contribution in [2.75, 3.05) is 33.3 Å². The van der Waals surface area contributed by atoms with Gasteiger partial charge in [0.1, 0.15) is 5.75 Å². The van der Waals surface area contributed by atoms with E-state index in [0.29, 0.717) is 23.9 Å². The highest BCUT2D eigenvalue weighted by molar-refractivity contribution is 6.30. The summed E-state index contributed by atoms with van der Waals surface area (Å²) in [5.74, 6) is 0.511. The lowest BCUT2D eigenvalue weighted by Crippen LogP contribution is -2.48. The lowest BCUT2D eigenvalue weighted by atomic mass is 10.2. The highest BCUT2D eigenvalue weighted by atomic mass is 35.5. The minimum atomic E-state index is -0.565. The Morgan fingerprint density at radius 3 is 3.10 bits per heavy atom. The van der Waals surface area contributed by atoms with Crippen LogP contribution in [0, 0.1) is 0 Å². The number of hydrogen-bond donors (Lipinski definition) is 1. The Morgan fingerprint density at radius 2 is 2.43 bits per heavy atom. The van der Waals surface area contributed by atoms with Gasteiger partial charge in [0.25, 0.3) is 5.91 Å². The van der Waals surface area contributed by atoms with E-state index in [4.69, 9.17) is 21.1 Å². The monoisotopic (exact) mass is 312 g/mol. The molecule has 21 heavy (non-hydrogen) atoms. The van der Waals surface area contributed by atoms with E-state index in [2.05, 4.69) is 5.32 Å². The molecule has 1 amide bonds. The summed E-state index contributed by atoms with van der Waals surface area (Å²) >= 11 is 5.90. The third kappa shape index (κ3) is 4.88. The number of likely N-dealkylation sites (N-methyl/N-ethyl adjacent to an activating group) is 1. The molecule has 1 aliphatic rings. The SMILES string of the molecule is CC(Oc1cccc(Cl)c1)C(=O)N(C)CC1CNCCO1. The second-order valence-corrected chi connectivity index (χ2v) is 5.57. The third-order valence-corrected chi connectivity index (χ3v) is 3.55.